The maximum atomic E-state index is 11.2. The predicted molar refractivity (Wildman–Crippen MR) is 70.5 cm³/mol. The molecular formula is C11H14ClNO3S. The lowest BCUT2D eigenvalue weighted by molar-refractivity contribution is 0.0698. The minimum atomic E-state index is -1.01. The van der Waals surface area contributed by atoms with E-state index in [1.165, 1.54) is 12.1 Å². The van der Waals surface area contributed by atoms with Crippen LogP contribution in [0.15, 0.2) is 18.2 Å². The van der Waals surface area contributed by atoms with Crippen molar-refractivity contribution >= 4 is 34.1 Å². The first-order valence-corrected chi connectivity index (χ1v) is 7.03. The van der Waals surface area contributed by atoms with Gasteiger partial charge in [0, 0.05) is 33.9 Å². The van der Waals surface area contributed by atoms with Crippen molar-refractivity contribution in [1.82, 2.24) is 0 Å². The van der Waals surface area contributed by atoms with E-state index >= 15 is 0 Å². The number of benzene rings is 1. The van der Waals surface area contributed by atoms with Gasteiger partial charge in [-0.3, -0.25) is 4.21 Å². The maximum absolute atomic E-state index is 11.2. The van der Waals surface area contributed by atoms with E-state index < -0.39 is 16.8 Å². The number of rotatable bonds is 6. The molecule has 4 nitrogen and oxygen atoms in total. The molecule has 6 heteroatoms. The van der Waals surface area contributed by atoms with E-state index in [0.717, 1.165) is 0 Å². The second-order valence-electron chi connectivity index (χ2n) is 3.35. The van der Waals surface area contributed by atoms with Crippen molar-refractivity contribution in [3.05, 3.63) is 28.8 Å². The summed E-state index contributed by atoms with van der Waals surface area (Å²) in [7, 11) is -0.866. The molecule has 0 saturated heterocycles. The summed E-state index contributed by atoms with van der Waals surface area (Å²) in [6, 6.07) is 4.53. The molecule has 94 valence electrons. The molecule has 0 spiro atoms. The van der Waals surface area contributed by atoms with E-state index in [9.17, 15) is 9.00 Å². The van der Waals surface area contributed by atoms with Gasteiger partial charge in [0.15, 0.2) is 0 Å². The van der Waals surface area contributed by atoms with Crippen LogP contribution in [0.3, 0.4) is 0 Å². The summed E-state index contributed by atoms with van der Waals surface area (Å²) in [5.41, 5.74) is 0.620. The summed E-state index contributed by atoms with van der Waals surface area (Å²) in [5.74, 6) is 0.0752. The summed E-state index contributed by atoms with van der Waals surface area (Å²) in [6.07, 6.45) is 0. The number of nitrogens with one attached hydrogen (secondary N) is 1. The molecule has 0 aliphatic carbocycles. The fraction of sp³-hybridized carbons (Fsp3) is 0.364. The monoisotopic (exact) mass is 275 g/mol. The van der Waals surface area contributed by atoms with E-state index in [1.54, 1.807) is 6.07 Å². The number of carbonyl (C=O) groups is 1. The van der Waals surface area contributed by atoms with Crippen LogP contribution in [-0.2, 0) is 10.8 Å². The van der Waals surface area contributed by atoms with E-state index in [0.29, 0.717) is 28.8 Å². The number of halogens is 1. The molecule has 0 heterocycles. The van der Waals surface area contributed by atoms with Crippen LogP contribution in [0, 0.1) is 0 Å². The van der Waals surface area contributed by atoms with Crippen molar-refractivity contribution in [2.24, 2.45) is 0 Å². The fourth-order valence-electron chi connectivity index (χ4n) is 1.29. The molecule has 0 aliphatic rings. The standard InChI is InChI=1S/C11H14ClNO3S/c1-2-17(16)6-5-13-10-7-8(12)3-4-9(10)11(14)15/h3-4,7,13H,2,5-6H2,1H3,(H,14,15). The Morgan fingerprint density at radius 1 is 1.53 bits per heavy atom. The predicted octanol–water partition coefficient (Wildman–Crippen LogP) is 2.22. The van der Waals surface area contributed by atoms with Crippen molar-refractivity contribution in [3.8, 4) is 0 Å². The van der Waals surface area contributed by atoms with Gasteiger partial charge in [0.1, 0.15) is 0 Å². The van der Waals surface area contributed by atoms with Crippen LogP contribution < -0.4 is 5.32 Å². The number of aromatic carboxylic acids is 1. The fourth-order valence-corrected chi connectivity index (χ4v) is 2.08. The Kier molecular flexibility index (Phi) is 5.44. The molecule has 17 heavy (non-hydrogen) atoms. The van der Waals surface area contributed by atoms with Crippen LogP contribution in [-0.4, -0.2) is 33.3 Å². The smallest absolute Gasteiger partial charge is 0.337 e. The molecule has 0 fully saturated rings. The lowest BCUT2D eigenvalue weighted by atomic mass is 10.2. The highest BCUT2D eigenvalue weighted by Gasteiger charge is 2.10. The molecule has 0 amide bonds. The topological polar surface area (TPSA) is 66.4 Å². The van der Waals surface area contributed by atoms with Crippen LogP contribution in [0.2, 0.25) is 5.02 Å². The van der Waals surface area contributed by atoms with Crippen LogP contribution in [0.25, 0.3) is 0 Å². The summed E-state index contributed by atoms with van der Waals surface area (Å²) < 4.78 is 11.2. The first-order chi connectivity index (χ1) is 8.04. The maximum Gasteiger partial charge on any atom is 0.337 e. The molecule has 1 rings (SSSR count). The number of anilines is 1. The number of carboxylic acid groups (broad SMARTS) is 1. The largest absolute Gasteiger partial charge is 0.478 e. The molecule has 0 radical (unpaired) electrons. The molecule has 2 N–H and O–H groups in total. The summed E-state index contributed by atoms with van der Waals surface area (Å²) in [6.45, 7) is 2.30. The molecule has 1 unspecified atom stereocenters. The van der Waals surface area contributed by atoms with Gasteiger partial charge in [-0.25, -0.2) is 4.79 Å². The van der Waals surface area contributed by atoms with E-state index in [4.69, 9.17) is 16.7 Å². The van der Waals surface area contributed by atoms with Crippen molar-refractivity contribution in [1.29, 1.82) is 0 Å². The Morgan fingerprint density at radius 3 is 2.82 bits per heavy atom. The van der Waals surface area contributed by atoms with E-state index in [-0.39, 0.29) is 5.56 Å². The van der Waals surface area contributed by atoms with Gasteiger partial charge in [0.25, 0.3) is 0 Å². The van der Waals surface area contributed by atoms with Gasteiger partial charge in [-0.05, 0) is 18.2 Å². The summed E-state index contributed by atoms with van der Waals surface area (Å²) >= 11 is 5.80. The molecule has 0 aromatic heterocycles. The highest BCUT2D eigenvalue weighted by molar-refractivity contribution is 7.84. The minimum absolute atomic E-state index is 0.164. The Labute approximate surface area is 107 Å². The van der Waals surface area contributed by atoms with Crippen molar-refractivity contribution in [2.45, 2.75) is 6.92 Å². The third-order valence-corrected chi connectivity index (χ3v) is 3.72. The van der Waals surface area contributed by atoms with Gasteiger partial charge < -0.3 is 10.4 Å². The van der Waals surface area contributed by atoms with Crippen molar-refractivity contribution < 1.29 is 14.1 Å². The second-order valence-corrected chi connectivity index (χ2v) is 5.66. The van der Waals surface area contributed by atoms with Crippen LogP contribution in [0.5, 0.6) is 0 Å². The third-order valence-electron chi connectivity index (χ3n) is 2.18. The van der Waals surface area contributed by atoms with E-state index in [2.05, 4.69) is 5.32 Å². The average molecular weight is 276 g/mol. The highest BCUT2D eigenvalue weighted by Crippen LogP contribution is 2.20. The lowest BCUT2D eigenvalue weighted by Gasteiger charge is -2.09. The zero-order valence-electron chi connectivity index (χ0n) is 9.40. The molecule has 0 saturated carbocycles. The van der Waals surface area contributed by atoms with Gasteiger partial charge in [0.2, 0.25) is 0 Å². The highest BCUT2D eigenvalue weighted by atomic mass is 35.5. The molecule has 1 aromatic carbocycles. The van der Waals surface area contributed by atoms with Gasteiger partial charge in [0.05, 0.1) is 11.3 Å². The van der Waals surface area contributed by atoms with Gasteiger partial charge in [-0.15, -0.1) is 0 Å². The number of hydrogen-bond acceptors (Lipinski definition) is 3. The lowest BCUT2D eigenvalue weighted by Crippen LogP contribution is -2.14. The van der Waals surface area contributed by atoms with Gasteiger partial charge in [-0.2, -0.15) is 0 Å². The Hall–Kier alpha value is -1.07. The second kappa shape index (κ2) is 6.61. The SMILES string of the molecule is CCS(=O)CCNc1cc(Cl)ccc1C(=O)O. The average Bonchev–Trinajstić information content (AvgIpc) is 2.28. The Bertz CT molecular complexity index is 437. The molecule has 0 aliphatic heterocycles. The van der Waals surface area contributed by atoms with Gasteiger partial charge in [-0.1, -0.05) is 18.5 Å². The van der Waals surface area contributed by atoms with Gasteiger partial charge >= 0.3 is 5.97 Å². The zero-order valence-corrected chi connectivity index (χ0v) is 11.0. The van der Waals surface area contributed by atoms with Crippen LogP contribution >= 0.6 is 11.6 Å². The Morgan fingerprint density at radius 2 is 2.24 bits per heavy atom. The van der Waals surface area contributed by atoms with E-state index in [1.807, 2.05) is 6.92 Å². The Balaban J connectivity index is 2.72. The van der Waals surface area contributed by atoms with Crippen molar-refractivity contribution in [3.63, 3.8) is 0 Å². The minimum Gasteiger partial charge on any atom is -0.478 e. The zero-order chi connectivity index (χ0) is 12.8. The first kappa shape index (κ1) is 14.0. The first-order valence-electron chi connectivity index (χ1n) is 5.16. The summed E-state index contributed by atoms with van der Waals surface area (Å²) in [5, 5.41) is 12.4. The number of hydrogen-bond donors (Lipinski definition) is 2. The summed E-state index contributed by atoms with van der Waals surface area (Å²) in [4.78, 5) is 10.9. The molecule has 0 bridgehead atoms. The number of carboxylic acids is 1. The molecule has 1 atom stereocenters. The quantitative estimate of drug-likeness (QED) is 0.835. The molecular weight excluding hydrogens is 262 g/mol. The van der Waals surface area contributed by atoms with Crippen LogP contribution in [0.1, 0.15) is 17.3 Å². The molecule has 1 aromatic rings. The van der Waals surface area contributed by atoms with Crippen LogP contribution in [0.4, 0.5) is 5.69 Å². The third kappa shape index (κ3) is 4.36. The van der Waals surface area contributed by atoms with Crippen molar-refractivity contribution in [2.75, 3.05) is 23.4 Å². The normalized spacial score (nSPS) is 12.1.